The molecule has 0 heterocycles. The number of carboxylic acids is 1. The molecule has 0 radical (unpaired) electrons. The molecule has 3 N–H and O–H groups in total. The van der Waals surface area contributed by atoms with E-state index in [-0.39, 0.29) is 24.4 Å². The summed E-state index contributed by atoms with van der Waals surface area (Å²) in [6.07, 6.45) is 0. The SMILES string of the molecule is COCCN(CCO)C(=O)Nc1ccc(I)cc1C(=O)O. The fourth-order valence-corrected chi connectivity index (χ4v) is 2.12. The predicted molar refractivity (Wildman–Crippen MR) is 85.7 cm³/mol. The molecule has 8 heteroatoms. The van der Waals surface area contributed by atoms with Crippen LogP contribution in [0.4, 0.5) is 10.5 Å². The van der Waals surface area contributed by atoms with E-state index >= 15 is 0 Å². The maximum Gasteiger partial charge on any atom is 0.337 e. The van der Waals surface area contributed by atoms with Crippen molar-refractivity contribution in [2.24, 2.45) is 0 Å². The van der Waals surface area contributed by atoms with Crippen molar-refractivity contribution in [2.75, 3.05) is 38.7 Å². The number of nitrogens with zero attached hydrogens (tertiary/aromatic N) is 1. The van der Waals surface area contributed by atoms with Gasteiger partial charge in [-0.25, -0.2) is 9.59 Å². The normalized spacial score (nSPS) is 10.2. The third-order valence-corrected chi connectivity index (χ3v) is 3.35. The first-order valence-electron chi connectivity index (χ1n) is 6.18. The first kappa shape index (κ1) is 17.7. The minimum Gasteiger partial charge on any atom is -0.478 e. The lowest BCUT2D eigenvalue weighted by atomic mass is 10.2. The highest BCUT2D eigenvalue weighted by molar-refractivity contribution is 14.1. The van der Waals surface area contributed by atoms with E-state index in [0.717, 1.165) is 3.57 Å². The van der Waals surface area contributed by atoms with Crippen molar-refractivity contribution in [3.63, 3.8) is 0 Å². The van der Waals surface area contributed by atoms with Crippen molar-refractivity contribution < 1.29 is 24.5 Å². The second-order valence-corrected chi connectivity index (χ2v) is 5.37. The number of aliphatic hydroxyl groups excluding tert-OH is 1. The van der Waals surface area contributed by atoms with Crippen LogP contribution in [-0.4, -0.2) is 60.5 Å². The van der Waals surface area contributed by atoms with Crippen LogP contribution in [0.3, 0.4) is 0 Å². The molecular weight excluding hydrogens is 391 g/mol. The summed E-state index contributed by atoms with van der Waals surface area (Å²) in [4.78, 5) is 24.7. The largest absolute Gasteiger partial charge is 0.478 e. The van der Waals surface area contributed by atoms with Gasteiger partial charge in [0, 0.05) is 23.8 Å². The monoisotopic (exact) mass is 408 g/mol. The highest BCUT2D eigenvalue weighted by atomic mass is 127. The second-order valence-electron chi connectivity index (χ2n) is 4.13. The van der Waals surface area contributed by atoms with Crippen LogP contribution < -0.4 is 5.32 Å². The Morgan fingerprint density at radius 2 is 2.10 bits per heavy atom. The van der Waals surface area contributed by atoms with Gasteiger partial charge >= 0.3 is 12.0 Å². The van der Waals surface area contributed by atoms with Crippen LogP contribution >= 0.6 is 22.6 Å². The number of methoxy groups -OCH3 is 1. The number of aliphatic hydroxyl groups is 1. The Bertz CT molecular complexity index is 509. The molecule has 0 spiro atoms. The van der Waals surface area contributed by atoms with E-state index in [2.05, 4.69) is 5.32 Å². The molecule has 0 bridgehead atoms. The number of halogens is 1. The smallest absolute Gasteiger partial charge is 0.337 e. The minimum absolute atomic E-state index is 0.0194. The molecule has 0 aliphatic rings. The maximum absolute atomic E-state index is 12.1. The molecule has 1 aromatic carbocycles. The van der Waals surface area contributed by atoms with Gasteiger partial charge in [0.25, 0.3) is 0 Å². The van der Waals surface area contributed by atoms with E-state index in [1.807, 2.05) is 22.6 Å². The fourth-order valence-electron chi connectivity index (χ4n) is 1.63. The molecule has 1 rings (SSSR count). The number of rotatable bonds is 7. The number of nitrogens with one attached hydrogen (secondary N) is 1. The van der Waals surface area contributed by atoms with Gasteiger partial charge in [0.15, 0.2) is 0 Å². The van der Waals surface area contributed by atoms with Crippen LogP contribution in [0.1, 0.15) is 10.4 Å². The van der Waals surface area contributed by atoms with E-state index in [0.29, 0.717) is 13.2 Å². The molecule has 0 aliphatic heterocycles. The summed E-state index contributed by atoms with van der Waals surface area (Å²) >= 11 is 2.00. The number of amides is 2. The van der Waals surface area contributed by atoms with Crippen LogP contribution in [0.2, 0.25) is 0 Å². The van der Waals surface area contributed by atoms with Crippen molar-refractivity contribution in [3.8, 4) is 0 Å². The van der Waals surface area contributed by atoms with E-state index in [1.165, 1.54) is 24.1 Å². The Balaban J connectivity index is 2.87. The summed E-state index contributed by atoms with van der Waals surface area (Å²) in [5.74, 6) is -1.12. The van der Waals surface area contributed by atoms with Gasteiger partial charge in [-0.2, -0.15) is 0 Å². The number of carbonyl (C=O) groups is 2. The first-order chi connectivity index (χ1) is 9.99. The van der Waals surface area contributed by atoms with Gasteiger partial charge in [-0.05, 0) is 40.8 Å². The van der Waals surface area contributed by atoms with E-state index < -0.39 is 12.0 Å². The van der Waals surface area contributed by atoms with Gasteiger partial charge in [0.2, 0.25) is 0 Å². The number of carbonyl (C=O) groups excluding carboxylic acids is 1. The van der Waals surface area contributed by atoms with Crippen molar-refractivity contribution in [3.05, 3.63) is 27.3 Å². The minimum atomic E-state index is -1.12. The molecule has 0 saturated heterocycles. The maximum atomic E-state index is 12.1. The number of carboxylic acid groups (broad SMARTS) is 1. The molecule has 0 fully saturated rings. The van der Waals surface area contributed by atoms with Gasteiger partial charge < -0.3 is 25.2 Å². The van der Waals surface area contributed by atoms with Gasteiger partial charge in [-0.3, -0.25) is 0 Å². The molecule has 116 valence electrons. The number of hydrogen-bond donors (Lipinski definition) is 3. The van der Waals surface area contributed by atoms with Crippen LogP contribution in [0, 0.1) is 3.57 Å². The molecule has 0 atom stereocenters. The van der Waals surface area contributed by atoms with Crippen molar-refractivity contribution >= 4 is 40.3 Å². The zero-order chi connectivity index (χ0) is 15.8. The topological polar surface area (TPSA) is 99.1 Å². The third kappa shape index (κ3) is 5.48. The average Bonchev–Trinajstić information content (AvgIpc) is 2.45. The molecule has 0 aliphatic carbocycles. The summed E-state index contributed by atoms with van der Waals surface area (Å²) in [6.45, 7) is 0.582. The van der Waals surface area contributed by atoms with Crippen molar-refractivity contribution in [2.45, 2.75) is 0 Å². The molecule has 2 amide bonds. The molecule has 7 nitrogen and oxygen atoms in total. The lowest BCUT2D eigenvalue weighted by Crippen LogP contribution is -2.39. The van der Waals surface area contributed by atoms with Crippen LogP contribution in [0.25, 0.3) is 0 Å². The second kappa shape index (κ2) is 8.80. The third-order valence-electron chi connectivity index (χ3n) is 2.68. The van der Waals surface area contributed by atoms with Crippen LogP contribution in [0.15, 0.2) is 18.2 Å². The highest BCUT2D eigenvalue weighted by Crippen LogP contribution is 2.19. The average molecular weight is 408 g/mol. The van der Waals surface area contributed by atoms with Crippen molar-refractivity contribution in [1.29, 1.82) is 0 Å². The zero-order valence-electron chi connectivity index (χ0n) is 11.5. The molecule has 1 aromatic rings. The standard InChI is InChI=1S/C13H17IN2O5/c1-21-7-5-16(4-6-17)13(20)15-11-3-2-9(14)8-10(11)12(18)19/h2-3,8,17H,4-7H2,1H3,(H,15,20)(H,18,19). The highest BCUT2D eigenvalue weighted by Gasteiger charge is 2.17. The number of hydrogen-bond acceptors (Lipinski definition) is 4. The summed E-state index contributed by atoms with van der Waals surface area (Å²) in [6, 6.07) is 4.24. The number of anilines is 1. The van der Waals surface area contributed by atoms with E-state index in [4.69, 9.17) is 14.9 Å². The Morgan fingerprint density at radius 1 is 1.38 bits per heavy atom. The first-order valence-corrected chi connectivity index (χ1v) is 7.26. The number of urea groups is 1. The Morgan fingerprint density at radius 3 is 2.67 bits per heavy atom. The number of aromatic carboxylic acids is 1. The molecule has 0 unspecified atom stereocenters. The van der Waals surface area contributed by atoms with Crippen LogP contribution in [0.5, 0.6) is 0 Å². The lowest BCUT2D eigenvalue weighted by molar-refractivity contribution is 0.0698. The van der Waals surface area contributed by atoms with Crippen LogP contribution in [-0.2, 0) is 4.74 Å². The van der Waals surface area contributed by atoms with E-state index in [9.17, 15) is 9.59 Å². The zero-order valence-corrected chi connectivity index (χ0v) is 13.7. The Hall–Kier alpha value is -1.39. The number of ether oxygens (including phenoxy) is 1. The van der Waals surface area contributed by atoms with E-state index in [1.54, 1.807) is 6.07 Å². The van der Waals surface area contributed by atoms with Gasteiger partial charge in [-0.1, -0.05) is 0 Å². The number of benzene rings is 1. The quantitative estimate of drug-likeness (QED) is 0.594. The van der Waals surface area contributed by atoms with Gasteiger partial charge in [0.1, 0.15) is 0 Å². The van der Waals surface area contributed by atoms with Gasteiger partial charge in [0.05, 0.1) is 24.5 Å². The Kier molecular flexibility index (Phi) is 7.40. The molecule has 0 aromatic heterocycles. The summed E-state index contributed by atoms with van der Waals surface area (Å²) in [5.41, 5.74) is 0.235. The molecule has 0 saturated carbocycles. The van der Waals surface area contributed by atoms with Gasteiger partial charge in [-0.15, -0.1) is 0 Å². The summed E-state index contributed by atoms with van der Waals surface area (Å²) in [7, 11) is 1.51. The lowest BCUT2D eigenvalue weighted by Gasteiger charge is -2.22. The van der Waals surface area contributed by atoms with Crippen molar-refractivity contribution in [1.82, 2.24) is 4.90 Å². The fraction of sp³-hybridized carbons (Fsp3) is 0.385. The molecule has 21 heavy (non-hydrogen) atoms. The summed E-state index contributed by atoms with van der Waals surface area (Å²) in [5, 5.41) is 20.7. The molecular formula is C13H17IN2O5. The Labute approximate surface area is 136 Å². The summed E-state index contributed by atoms with van der Waals surface area (Å²) < 4.78 is 5.66. The predicted octanol–water partition coefficient (Wildman–Crippen LogP) is 1.46.